The van der Waals surface area contributed by atoms with Gasteiger partial charge in [-0.05, 0) is 37.1 Å². The molecule has 2 aromatic carbocycles. The second kappa shape index (κ2) is 6.35. The van der Waals surface area contributed by atoms with E-state index in [1.165, 1.54) is 5.56 Å². The second-order valence-electron chi connectivity index (χ2n) is 4.77. The molecule has 0 aliphatic heterocycles. The Hall–Kier alpha value is -2.13. The molecule has 0 bridgehead atoms. The molecule has 2 N–H and O–H groups in total. The van der Waals surface area contributed by atoms with Gasteiger partial charge in [0.15, 0.2) is 0 Å². The van der Waals surface area contributed by atoms with Crippen molar-refractivity contribution in [2.45, 2.75) is 26.4 Å². The van der Waals surface area contributed by atoms with Crippen molar-refractivity contribution in [3.63, 3.8) is 0 Å². The number of carbonyl (C=O) groups is 1. The number of aliphatic hydroxyl groups is 1. The van der Waals surface area contributed by atoms with E-state index in [0.29, 0.717) is 16.8 Å². The Morgan fingerprint density at radius 1 is 1.15 bits per heavy atom. The summed E-state index contributed by atoms with van der Waals surface area (Å²) in [6.45, 7) is 3.76. The standard InChI is InChI=1S/C17H19NO2/c1-3-13-8-10-14(11-9-13)17(20)18-16-7-5-4-6-15(16)12(2)19/h4-12,19H,3H2,1-2H3,(H,18,20). The molecule has 0 aliphatic carbocycles. The van der Waals surface area contributed by atoms with Crippen LogP contribution in [0.15, 0.2) is 48.5 Å². The van der Waals surface area contributed by atoms with E-state index in [1.807, 2.05) is 36.4 Å². The van der Waals surface area contributed by atoms with Crippen molar-refractivity contribution < 1.29 is 9.90 Å². The third kappa shape index (κ3) is 3.25. The van der Waals surface area contributed by atoms with E-state index < -0.39 is 6.10 Å². The van der Waals surface area contributed by atoms with Gasteiger partial charge in [0.1, 0.15) is 0 Å². The lowest BCUT2D eigenvalue weighted by Gasteiger charge is -2.13. The van der Waals surface area contributed by atoms with Crippen LogP contribution in [0.2, 0.25) is 0 Å². The maximum atomic E-state index is 12.2. The Labute approximate surface area is 119 Å². The highest BCUT2D eigenvalue weighted by atomic mass is 16.3. The lowest BCUT2D eigenvalue weighted by atomic mass is 10.1. The molecule has 0 heterocycles. The zero-order valence-corrected chi connectivity index (χ0v) is 11.8. The topological polar surface area (TPSA) is 49.3 Å². The summed E-state index contributed by atoms with van der Waals surface area (Å²) in [4.78, 5) is 12.2. The van der Waals surface area contributed by atoms with Crippen molar-refractivity contribution in [3.8, 4) is 0 Å². The Bertz CT molecular complexity index is 588. The molecular formula is C17H19NO2. The Kier molecular flexibility index (Phi) is 4.53. The number of nitrogens with one attached hydrogen (secondary N) is 1. The molecule has 0 aromatic heterocycles. The van der Waals surface area contributed by atoms with Gasteiger partial charge in [0.05, 0.1) is 6.10 Å². The van der Waals surface area contributed by atoms with Crippen LogP contribution in [-0.4, -0.2) is 11.0 Å². The third-order valence-electron chi connectivity index (χ3n) is 3.28. The van der Waals surface area contributed by atoms with Crippen LogP contribution in [0.1, 0.15) is 41.4 Å². The number of hydrogen-bond acceptors (Lipinski definition) is 2. The fourth-order valence-electron chi connectivity index (χ4n) is 2.06. The summed E-state index contributed by atoms with van der Waals surface area (Å²) >= 11 is 0. The van der Waals surface area contributed by atoms with Crippen LogP contribution < -0.4 is 5.32 Å². The number of aliphatic hydroxyl groups excluding tert-OH is 1. The Morgan fingerprint density at radius 3 is 2.40 bits per heavy atom. The monoisotopic (exact) mass is 269 g/mol. The predicted octanol–water partition coefficient (Wildman–Crippen LogP) is 3.55. The highest BCUT2D eigenvalue weighted by Crippen LogP contribution is 2.22. The number of hydrogen-bond donors (Lipinski definition) is 2. The van der Waals surface area contributed by atoms with E-state index in [1.54, 1.807) is 19.1 Å². The van der Waals surface area contributed by atoms with Crippen molar-refractivity contribution in [3.05, 3.63) is 65.2 Å². The first kappa shape index (κ1) is 14.3. The number of benzene rings is 2. The average Bonchev–Trinajstić information content (AvgIpc) is 2.47. The van der Waals surface area contributed by atoms with Crippen molar-refractivity contribution in [1.29, 1.82) is 0 Å². The van der Waals surface area contributed by atoms with Crippen LogP contribution in [-0.2, 0) is 6.42 Å². The van der Waals surface area contributed by atoms with Gasteiger partial charge in [-0.25, -0.2) is 0 Å². The molecule has 0 spiro atoms. The maximum absolute atomic E-state index is 12.2. The third-order valence-corrected chi connectivity index (χ3v) is 3.28. The molecule has 0 aliphatic rings. The summed E-state index contributed by atoms with van der Waals surface area (Å²) in [6.07, 6.45) is 0.334. The minimum Gasteiger partial charge on any atom is -0.389 e. The minimum atomic E-state index is -0.617. The van der Waals surface area contributed by atoms with Crippen molar-refractivity contribution in [2.24, 2.45) is 0 Å². The minimum absolute atomic E-state index is 0.166. The van der Waals surface area contributed by atoms with Gasteiger partial charge in [0.2, 0.25) is 0 Å². The van der Waals surface area contributed by atoms with Crippen molar-refractivity contribution in [1.82, 2.24) is 0 Å². The van der Waals surface area contributed by atoms with Gasteiger partial charge in [-0.2, -0.15) is 0 Å². The SMILES string of the molecule is CCc1ccc(C(=O)Nc2ccccc2C(C)O)cc1. The molecule has 20 heavy (non-hydrogen) atoms. The molecule has 0 fully saturated rings. The van der Waals surface area contributed by atoms with Crippen LogP contribution in [0.3, 0.4) is 0 Å². The van der Waals surface area contributed by atoms with Gasteiger partial charge < -0.3 is 10.4 Å². The van der Waals surface area contributed by atoms with Crippen LogP contribution in [0.4, 0.5) is 5.69 Å². The van der Waals surface area contributed by atoms with Gasteiger partial charge in [-0.3, -0.25) is 4.79 Å². The summed E-state index contributed by atoms with van der Waals surface area (Å²) in [5, 5.41) is 12.6. The average molecular weight is 269 g/mol. The number of rotatable bonds is 4. The smallest absolute Gasteiger partial charge is 0.255 e. The Morgan fingerprint density at radius 2 is 1.80 bits per heavy atom. The number of aryl methyl sites for hydroxylation is 1. The fourth-order valence-corrected chi connectivity index (χ4v) is 2.06. The Balaban J connectivity index is 2.19. The first-order chi connectivity index (χ1) is 9.61. The van der Waals surface area contributed by atoms with E-state index >= 15 is 0 Å². The van der Waals surface area contributed by atoms with E-state index in [4.69, 9.17) is 0 Å². The summed E-state index contributed by atoms with van der Waals surface area (Å²) in [7, 11) is 0. The maximum Gasteiger partial charge on any atom is 0.255 e. The molecule has 104 valence electrons. The molecule has 1 unspecified atom stereocenters. The molecule has 0 radical (unpaired) electrons. The molecule has 1 amide bonds. The number of amides is 1. The zero-order valence-electron chi connectivity index (χ0n) is 11.8. The van der Waals surface area contributed by atoms with Gasteiger partial charge in [-0.15, -0.1) is 0 Å². The number of anilines is 1. The molecule has 1 atom stereocenters. The molecule has 2 rings (SSSR count). The van der Waals surface area contributed by atoms with Gasteiger partial charge in [-0.1, -0.05) is 37.3 Å². The van der Waals surface area contributed by atoms with Gasteiger partial charge in [0, 0.05) is 16.8 Å². The number of para-hydroxylation sites is 1. The largest absolute Gasteiger partial charge is 0.389 e. The summed E-state index contributed by atoms with van der Waals surface area (Å²) in [5.41, 5.74) is 3.17. The zero-order chi connectivity index (χ0) is 14.5. The van der Waals surface area contributed by atoms with Crippen molar-refractivity contribution >= 4 is 11.6 Å². The van der Waals surface area contributed by atoms with Crippen LogP contribution in [0.25, 0.3) is 0 Å². The number of carbonyl (C=O) groups excluding carboxylic acids is 1. The molecule has 0 saturated carbocycles. The van der Waals surface area contributed by atoms with E-state index in [-0.39, 0.29) is 5.91 Å². The first-order valence-electron chi connectivity index (χ1n) is 6.79. The van der Waals surface area contributed by atoms with Crippen LogP contribution in [0.5, 0.6) is 0 Å². The van der Waals surface area contributed by atoms with Crippen LogP contribution >= 0.6 is 0 Å². The van der Waals surface area contributed by atoms with E-state index in [9.17, 15) is 9.90 Å². The fraction of sp³-hybridized carbons (Fsp3) is 0.235. The van der Waals surface area contributed by atoms with E-state index in [2.05, 4.69) is 12.2 Å². The van der Waals surface area contributed by atoms with Gasteiger partial charge in [0.25, 0.3) is 5.91 Å². The highest BCUT2D eigenvalue weighted by Gasteiger charge is 2.11. The quantitative estimate of drug-likeness (QED) is 0.891. The van der Waals surface area contributed by atoms with Gasteiger partial charge >= 0.3 is 0 Å². The molecule has 3 heteroatoms. The first-order valence-corrected chi connectivity index (χ1v) is 6.79. The predicted molar refractivity (Wildman–Crippen MR) is 80.8 cm³/mol. The van der Waals surface area contributed by atoms with E-state index in [0.717, 1.165) is 6.42 Å². The lowest BCUT2D eigenvalue weighted by molar-refractivity contribution is 0.102. The molecule has 0 saturated heterocycles. The van der Waals surface area contributed by atoms with Crippen LogP contribution in [0, 0.1) is 0 Å². The second-order valence-corrected chi connectivity index (χ2v) is 4.77. The summed E-state index contributed by atoms with van der Waals surface area (Å²) in [6, 6.07) is 14.8. The molecule has 3 nitrogen and oxygen atoms in total. The van der Waals surface area contributed by atoms with Crippen molar-refractivity contribution in [2.75, 3.05) is 5.32 Å². The normalized spacial score (nSPS) is 11.9. The lowest BCUT2D eigenvalue weighted by Crippen LogP contribution is -2.13. The summed E-state index contributed by atoms with van der Waals surface area (Å²) < 4.78 is 0. The summed E-state index contributed by atoms with van der Waals surface area (Å²) in [5.74, 6) is -0.166. The highest BCUT2D eigenvalue weighted by molar-refractivity contribution is 6.04. The molecular weight excluding hydrogens is 250 g/mol. The molecule has 2 aromatic rings.